The smallest absolute Gasteiger partial charge is 0.331 e. The van der Waals surface area contributed by atoms with Gasteiger partial charge in [-0.1, -0.05) is 23.7 Å². The summed E-state index contributed by atoms with van der Waals surface area (Å²) in [6, 6.07) is 8.83. The maximum atomic E-state index is 12.8. The van der Waals surface area contributed by atoms with E-state index in [1.165, 1.54) is 37.5 Å². The van der Waals surface area contributed by atoms with Gasteiger partial charge in [0.05, 0.1) is 12.8 Å². The molecule has 0 radical (unpaired) electrons. The molecule has 7 heteroatoms. The molecule has 0 spiro atoms. The number of carbonyl (C=O) groups is 2. The molecule has 26 heavy (non-hydrogen) atoms. The van der Waals surface area contributed by atoms with Crippen molar-refractivity contribution >= 4 is 35.2 Å². The van der Waals surface area contributed by atoms with Crippen LogP contribution in [0.1, 0.15) is 11.1 Å². The molecule has 0 fully saturated rings. The number of methoxy groups -OCH3 is 1. The second-order valence-electron chi connectivity index (χ2n) is 5.34. The molecular formula is C19H17ClFNO4. The lowest BCUT2D eigenvalue weighted by molar-refractivity contribution is -0.142. The van der Waals surface area contributed by atoms with Crippen molar-refractivity contribution in [1.82, 2.24) is 0 Å². The zero-order valence-corrected chi connectivity index (χ0v) is 15.0. The minimum Gasteiger partial charge on any atom is -0.495 e. The van der Waals surface area contributed by atoms with Crippen molar-refractivity contribution in [2.45, 2.75) is 6.92 Å². The average Bonchev–Trinajstić information content (AvgIpc) is 2.62. The van der Waals surface area contributed by atoms with Gasteiger partial charge in [0.2, 0.25) is 0 Å². The first-order chi connectivity index (χ1) is 12.4. The number of aryl methyl sites for hydroxylation is 1. The summed E-state index contributed by atoms with van der Waals surface area (Å²) in [6.07, 6.45) is 2.62. The van der Waals surface area contributed by atoms with Crippen LogP contribution in [0.3, 0.4) is 0 Å². The summed E-state index contributed by atoms with van der Waals surface area (Å²) in [6.45, 7) is 1.33. The molecule has 2 aromatic carbocycles. The minimum absolute atomic E-state index is 0.366. The number of esters is 1. The zero-order valence-electron chi connectivity index (χ0n) is 14.2. The Morgan fingerprint density at radius 2 is 1.92 bits per heavy atom. The first-order valence-electron chi connectivity index (χ1n) is 7.63. The van der Waals surface area contributed by atoms with Crippen LogP contribution in [0, 0.1) is 12.7 Å². The second kappa shape index (κ2) is 9.01. The van der Waals surface area contributed by atoms with Crippen LogP contribution in [0.4, 0.5) is 10.1 Å². The lowest BCUT2D eigenvalue weighted by Gasteiger charge is -2.12. The molecule has 136 valence electrons. The monoisotopic (exact) mass is 377 g/mol. The largest absolute Gasteiger partial charge is 0.495 e. The van der Waals surface area contributed by atoms with Gasteiger partial charge in [0.1, 0.15) is 11.6 Å². The van der Waals surface area contributed by atoms with E-state index in [9.17, 15) is 14.0 Å². The molecule has 0 aliphatic carbocycles. The number of hydrogen-bond donors (Lipinski definition) is 1. The van der Waals surface area contributed by atoms with E-state index in [2.05, 4.69) is 5.32 Å². The highest BCUT2D eigenvalue weighted by Crippen LogP contribution is 2.30. The SMILES string of the molecule is COc1cc(Cl)c(C)cc1NC(=O)COC(=O)/C=C/c1ccc(F)cc1. The molecule has 2 aromatic rings. The molecule has 0 saturated carbocycles. The Hall–Kier alpha value is -2.86. The molecule has 0 bridgehead atoms. The van der Waals surface area contributed by atoms with Crippen molar-refractivity contribution in [3.8, 4) is 5.75 Å². The van der Waals surface area contributed by atoms with Crippen LogP contribution in [0.25, 0.3) is 6.08 Å². The lowest BCUT2D eigenvalue weighted by atomic mass is 10.2. The van der Waals surface area contributed by atoms with E-state index in [4.69, 9.17) is 21.1 Å². The van der Waals surface area contributed by atoms with Gasteiger partial charge in [0.25, 0.3) is 5.91 Å². The van der Waals surface area contributed by atoms with Gasteiger partial charge in [-0.25, -0.2) is 9.18 Å². The van der Waals surface area contributed by atoms with Crippen LogP contribution < -0.4 is 10.1 Å². The van der Waals surface area contributed by atoms with Crippen LogP contribution in [0.5, 0.6) is 5.75 Å². The van der Waals surface area contributed by atoms with Gasteiger partial charge >= 0.3 is 5.97 Å². The molecule has 0 atom stereocenters. The molecule has 0 aliphatic rings. The number of ether oxygens (including phenoxy) is 2. The third-order valence-corrected chi connectivity index (χ3v) is 3.79. The predicted molar refractivity (Wildman–Crippen MR) is 97.8 cm³/mol. The minimum atomic E-state index is -0.691. The van der Waals surface area contributed by atoms with Gasteiger partial charge in [-0.05, 0) is 42.3 Å². The molecule has 1 amide bonds. The van der Waals surface area contributed by atoms with Gasteiger partial charge in [-0.3, -0.25) is 4.79 Å². The topological polar surface area (TPSA) is 64.6 Å². The molecule has 0 saturated heterocycles. The van der Waals surface area contributed by atoms with Gasteiger partial charge in [0, 0.05) is 17.2 Å². The van der Waals surface area contributed by atoms with Gasteiger partial charge in [-0.15, -0.1) is 0 Å². The molecule has 0 heterocycles. The second-order valence-corrected chi connectivity index (χ2v) is 5.75. The lowest BCUT2D eigenvalue weighted by Crippen LogP contribution is -2.20. The van der Waals surface area contributed by atoms with Crippen molar-refractivity contribution in [2.24, 2.45) is 0 Å². The Morgan fingerprint density at radius 1 is 1.23 bits per heavy atom. The quantitative estimate of drug-likeness (QED) is 0.610. The number of rotatable bonds is 6. The summed E-state index contributed by atoms with van der Waals surface area (Å²) < 4.78 is 22.8. The van der Waals surface area contributed by atoms with Gasteiger partial charge in [-0.2, -0.15) is 0 Å². The number of nitrogens with one attached hydrogen (secondary N) is 1. The molecule has 5 nitrogen and oxygen atoms in total. The first kappa shape index (κ1) is 19.5. The average molecular weight is 378 g/mol. The number of anilines is 1. The van der Waals surface area contributed by atoms with E-state index >= 15 is 0 Å². The highest BCUT2D eigenvalue weighted by molar-refractivity contribution is 6.31. The molecule has 0 aromatic heterocycles. The molecule has 2 rings (SSSR count). The summed E-state index contributed by atoms with van der Waals surface area (Å²) in [5, 5.41) is 3.11. The predicted octanol–water partition coefficient (Wildman–Crippen LogP) is 3.99. The third-order valence-electron chi connectivity index (χ3n) is 3.38. The summed E-state index contributed by atoms with van der Waals surface area (Å²) in [7, 11) is 1.46. The Kier molecular flexibility index (Phi) is 6.74. The van der Waals surface area contributed by atoms with E-state index in [-0.39, 0.29) is 5.82 Å². The number of amides is 1. The molecule has 0 unspecified atom stereocenters. The highest BCUT2D eigenvalue weighted by Gasteiger charge is 2.11. The summed E-state index contributed by atoms with van der Waals surface area (Å²) in [5.74, 6) is -1.18. The number of carbonyl (C=O) groups excluding carboxylic acids is 2. The Labute approximate surface area is 155 Å². The van der Waals surface area contributed by atoms with E-state index in [0.29, 0.717) is 22.0 Å². The first-order valence-corrected chi connectivity index (χ1v) is 8.01. The maximum Gasteiger partial charge on any atom is 0.331 e. The maximum absolute atomic E-state index is 12.8. The summed E-state index contributed by atoms with van der Waals surface area (Å²) in [5.41, 5.74) is 1.83. The van der Waals surface area contributed by atoms with Crippen molar-refractivity contribution in [2.75, 3.05) is 19.0 Å². The fraction of sp³-hybridized carbons (Fsp3) is 0.158. The van der Waals surface area contributed by atoms with Crippen LogP contribution in [-0.4, -0.2) is 25.6 Å². The van der Waals surface area contributed by atoms with Crippen molar-refractivity contribution in [3.05, 3.63) is 64.4 Å². The van der Waals surface area contributed by atoms with E-state index < -0.39 is 18.5 Å². The number of benzene rings is 2. The standard InChI is InChI=1S/C19H17ClFNO4/c1-12-9-16(17(25-2)10-15(12)20)22-18(23)11-26-19(24)8-5-13-3-6-14(21)7-4-13/h3-10H,11H2,1-2H3,(H,22,23)/b8-5+. The molecule has 0 aliphatic heterocycles. The fourth-order valence-electron chi connectivity index (χ4n) is 2.04. The van der Waals surface area contributed by atoms with Gasteiger partial charge < -0.3 is 14.8 Å². The van der Waals surface area contributed by atoms with Gasteiger partial charge in [0.15, 0.2) is 6.61 Å². The number of halogens is 2. The van der Waals surface area contributed by atoms with E-state index in [0.717, 1.165) is 11.6 Å². The molecule has 1 N–H and O–H groups in total. The Bertz CT molecular complexity index is 834. The van der Waals surface area contributed by atoms with Crippen molar-refractivity contribution in [1.29, 1.82) is 0 Å². The number of hydrogen-bond acceptors (Lipinski definition) is 4. The summed E-state index contributed by atoms with van der Waals surface area (Å²) >= 11 is 6.01. The fourth-order valence-corrected chi connectivity index (χ4v) is 2.19. The van der Waals surface area contributed by atoms with Crippen LogP contribution in [0.2, 0.25) is 5.02 Å². The van der Waals surface area contributed by atoms with Crippen molar-refractivity contribution in [3.63, 3.8) is 0 Å². The van der Waals surface area contributed by atoms with Crippen LogP contribution in [-0.2, 0) is 14.3 Å². The van der Waals surface area contributed by atoms with Crippen molar-refractivity contribution < 1.29 is 23.5 Å². The summed E-state index contributed by atoms with van der Waals surface area (Å²) in [4.78, 5) is 23.6. The van der Waals surface area contributed by atoms with E-state index in [1.54, 1.807) is 19.1 Å². The normalized spacial score (nSPS) is 10.6. The van der Waals surface area contributed by atoms with E-state index in [1.807, 2.05) is 0 Å². The Balaban J connectivity index is 1.89. The molecular weight excluding hydrogens is 361 g/mol. The third kappa shape index (κ3) is 5.60. The van der Waals surface area contributed by atoms with Crippen LogP contribution >= 0.6 is 11.6 Å². The highest BCUT2D eigenvalue weighted by atomic mass is 35.5. The van der Waals surface area contributed by atoms with Crippen LogP contribution in [0.15, 0.2) is 42.5 Å². The zero-order chi connectivity index (χ0) is 19.1. The Morgan fingerprint density at radius 3 is 2.58 bits per heavy atom.